The van der Waals surface area contributed by atoms with Gasteiger partial charge in [0.2, 0.25) is 0 Å². The van der Waals surface area contributed by atoms with Crippen molar-refractivity contribution < 1.29 is 19.5 Å². The lowest BCUT2D eigenvalue weighted by Gasteiger charge is -2.07. The van der Waals surface area contributed by atoms with Crippen LogP contribution in [0.25, 0.3) is 0 Å². The lowest BCUT2D eigenvalue weighted by atomic mass is 10.1. The number of carbonyl (C=O) groups excluding carboxylic acids is 1. The molecule has 0 radical (unpaired) electrons. The van der Waals surface area contributed by atoms with Gasteiger partial charge in [0.15, 0.2) is 6.61 Å². The monoisotopic (exact) mass is 223 g/mol. The topological polar surface area (TPSA) is 75.6 Å². The van der Waals surface area contributed by atoms with Gasteiger partial charge in [-0.05, 0) is 25.5 Å². The zero-order chi connectivity index (χ0) is 12.1. The minimum atomic E-state index is -1.14. The Balaban J connectivity index is 2.63. The summed E-state index contributed by atoms with van der Waals surface area (Å²) in [5.74, 6) is -1.58. The molecular formula is C11H13NO4. The third-order valence-corrected chi connectivity index (χ3v) is 1.99. The summed E-state index contributed by atoms with van der Waals surface area (Å²) in [6.07, 6.45) is 0. The molecule has 0 spiro atoms. The van der Waals surface area contributed by atoms with Crippen LogP contribution in [0.3, 0.4) is 0 Å². The van der Waals surface area contributed by atoms with E-state index in [1.807, 2.05) is 13.0 Å². The molecule has 2 N–H and O–H groups in total. The molecule has 1 aromatic rings. The lowest BCUT2D eigenvalue weighted by molar-refractivity contribution is -0.144. The molecule has 1 amide bonds. The van der Waals surface area contributed by atoms with E-state index in [4.69, 9.17) is 5.11 Å². The van der Waals surface area contributed by atoms with Gasteiger partial charge < -0.3 is 5.11 Å². The second-order valence-corrected chi connectivity index (χ2v) is 3.43. The molecule has 0 fully saturated rings. The first-order valence-corrected chi connectivity index (χ1v) is 4.72. The minimum absolute atomic E-state index is 0.446. The molecule has 5 nitrogen and oxygen atoms in total. The predicted octanol–water partition coefficient (Wildman–Crippen LogP) is 1.05. The quantitative estimate of drug-likeness (QED) is 0.748. The minimum Gasteiger partial charge on any atom is -0.479 e. The Morgan fingerprint density at radius 1 is 1.38 bits per heavy atom. The van der Waals surface area contributed by atoms with Gasteiger partial charge in [0.05, 0.1) is 0 Å². The van der Waals surface area contributed by atoms with Crippen molar-refractivity contribution in [3.63, 3.8) is 0 Å². The molecule has 5 heteroatoms. The summed E-state index contributed by atoms with van der Waals surface area (Å²) in [6.45, 7) is 3.17. The van der Waals surface area contributed by atoms with Gasteiger partial charge >= 0.3 is 5.97 Å². The van der Waals surface area contributed by atoms with Crippen LogP contribution in [0.5, 0.6) is 0 Å². The highest BCUT2D eigenvalue weighted by molar-refractivity contribution is 5.95. The summed E-state index contributed by atoms with van der Waals surface area (Å²) in [4.78, 5) is 26.2. The van der Waals surface area contributed by atoms with Gasteiger partial charge in [0, 0.05) is 5.56 Å². The number of carbonyl (C=O) groups is 2. The smallest absolute Gasteiger partial charge is 0.332 e. The zero-order valence-corrected chi connectivity index (χ0v) is 9.11. The molecule has 0 aliphatic rings. The van der Waals surface area contributed by atoms with E-state index < -0.39 is 18.5 Å². The van der Waals surface area contributed by atoms with E-state index in [9.17, 15) is 9.59 Å². The normalized spacial score (nSPS) is 9.88. The largest absolute Gasteiger partial charge is 0.479 e. The second kappa shape index (κ2) is 5.27. The molecule has 0 aliphatic carbocycles. The number of nitrogens with one attached hydrogen (secondary N) is 1. The van der Waals surface area contributed by atoms with Crippen LogP contribution in [0.2, 0.25) is 0 Å². The van der Waals surface area contributed by atoms with E-state index in [0.29, 0.717) is 5.56 Å². The van der Waals surface area contributed by atoms with Crippen molar-refractivity contribution >= 4 is 11.9 Å². The SMILES string of the molecule is Cc1ccc(C(=O)NOCC(=O)O)c(C)c1. The maximum absolute atomic E-state index is 11.5. The maximum atomic E-state index is 11.5. The molecule has 0 heterocycles. The first-order valence-electron chi connectivity index (χ1n) is 4.72. The molecule has 0 bridgehead atoms. The van der Waals surface area contributed by atoms with Gasteiger partial charge in [-0.1, -0.05) is 17.7 Å². The molecule has 0 aromatic heterocycles. The van der Waals surface area contributed by atoms with E-state index in [2.05, 4.69) is 10.3 Å². The van der Waals surface area contributed by atoms with Crippen LogP contribution in [0.15, 0.2) is 18.2 Å². The van der Waals surface area contributed by atoms with Gasteiger partial charge in [-0.15, -0.1) is 0 Å². The van der Waals surface area contributed by atoms with Gasteiger partial charge in [-0.25, -0.2) is 10.3 Å². The van der Waals surface area contributed by atoms with Crippen LogP contribution in [-0.4, -0.2) is 23.6 Å². The molecule has 1 rings (SSSR count). The van der Waals surface area contributed by atoms with Gasteiger partial charge in [-0.2, -0.15) is 0 Å². The standard InChI is InChI=1S/C11H13NO4/c1-7-3-4-9(8(2)5-7)11(15)12-16-6-10(13)14/h3-5H,6H2,1-2H3,(H,12,15)(H,13,14). The predicted molar refractivity (Wildman–Crippen MR) is 57.0 cm³/mol. The molecule has 0 saturated heterocycles. The van der Waals surface area contributed by atoms with Crippen LogP contribution < -0.4 is 5.48 Å². The second-order valence-electron chi connectivity index (χ2n) is 3.43. The van der Waals surface area contributed by atoms with Gasteiger partial charge in [0.1, 0.15) is 0 Å². The number of aliphatic carboxylic acids is 1. The van der Waals surface area contributed by atoms with Gasteiger partial charge in [0.25, 0.3) is 5.91 Å². The van der Waals surface area contributed by atoms with E-state index >= 15 is 0 Å². The average Bonchev–Trinajstić information content (AvgIpc) is 2.16. The number of aryl methyl sites for hydroxylation is 2. The number of amides is 1. The van der Waals surface area contributed by atoms with E-state index in [-0.39, 0.29) is 0 Å². The van der Waals surface area contributed by atoms with E-state index in [0.717, 1.165) is 11.1 Å². The van der Waals surface area contributed by atoms with E-state index in [1.54, 1.807) is 19.1 Å². The van der Waals surface area contributed by atoms with E-state index in [1.165, 1.54) is 0 Å². The van der Waals surface area contributed by atoms with Crippen molar-refractivity contribution in [3.05, 3.63) is 34.9 Å². The number of hydroxylamine groups is 1. The van der Waals surface area contributed by atoms with Crippen LogP contribution in [0.4, 0.5) is 0 Å². The number of hydrogen-bond donors (Lipinski definition) is 2. The number of carboxylic acid groups (broad SMARTS) is 1. The first-order chi connectivity index (χ1) is 7.50. The highest BCUT2D eigenvalue weighted by atomic mass is 16.7. The fourth-order valence-corrected chi connectivity index (χ4v) is 1.29. The Morgan fingerprint density at radius 3 is 2.62 bits per heavy atom. The third kappa shape index (κ3) is 3.36. The molecule has 0 saturated carbocycles. The van der Waals surface area contributed by atoms with Crippen molar-refractivity contribution in [2.45, 2.75) is 13.8 Å². The molecule has 16 heavy (non-hydrogen) atoms. The number of rotatable bonds is 4. The molecule has 0 atom stereocenters. The van der Waals surface area contributed by atoms with Crippen LogP contribution in [0, 0.1) is 13.8 Å². The Bertz CT molecular complexity index is 414. The van der Waals surface area contributed by atoms with Crippen LogP contribution in [-0.2, 0) is 9.63 Å². The number of carboxylic acids is 1. The molecule has 0 aliphatic heterocycles. The van der Waals surface area contributed by atoms with Crippen LogP contribution in [0.1, 0.15) is 21.5 Å². The Morgan fingerprint density at radius 2 is 2.06 bits per heavy atom. The zero-order valence-electron chi connectivity index (χ0n) is 9.11. The molecule has 1 aromatic carbocycles. The first kappa shape index (κ1) is 12.2. The maximum Gasteiger partial charge on any atom is 0.332 e. The fraction of sp³-hybridized carbons (Fsp3) is 0.273. The number of hydrogen-bond acceptors (Lipinski definition) is 3. The highest BCUT2D eigenvalue weighted by Crippen LogP contribution is 2.10. The lowest BCUT2D eigenvalue weighted by Crippen LogP contribution is -2.27. The van der Waals surface area contributed by atoms with Crippen molar-refractivity contribution in [3.8, 4) is 0 Å². The molecule has 0 unspecified atom stereocenters. The Hall–Kier alpha value is -1.88. The van der Waals surface area contributed by atoms with Crippen molar-refractivity contribution in [1.82, 2.24) is 5.48 Å². The summed E-state index contributed by atoms with van der Waals surface area (Å²) in [6, 6.07) is 5.34. The summed E-state index contributed by atoms with van der Waals surface area (Å²) >= 11 is 0. The summed E-state index contributed by atoms with van der Waals surface area (Å²) < 4.78 is 0. The summed E-state index contributed by atoms with van der Waals surface area (Å²) in [7, 11) is 0. The fourth-order valence-electron chi connectivity index (χ4n) is 1.29. The third-order valence-electron chi connectivity index (χ3n) is 1.99. The van der Waals surface area contributed by atoms with Crippen molar-refractivity contribution in [2.75, 3.05) is 6.61 Å². The molecular weight excluding hydrogens is 210 g/mol. The average molecular weight is 223 g/mol. The Labute approximate surface area is 93.0 Å². The summed E-state index contributed by atoms with van der Waals surface area (Å²) in [5, 5.41) is 8.31. The Kier molecular flexibility index (Phi) is 4.02. The van der Waals surface area contributed by atoms with Gasteiger partial charge in [-0.3, -0.25) is 9.63 Å². The van der Waals surface area contributed by atoms with Crippen molar-refractivity contribution in [1.29, 1.82) is 0 Å². The molecule has 86 valence electrons. The summed E-state index contributed by atoms with van der Waals surface area (Å²) in [5.41, 5.74) is 4.41. The van der Waals surface area contributed by atoms with Crippen LogP contribution >= 0.6 is 0 Å². The highest BCUT2D eigenvalue weighted by Gasteiger charge is 2.09. The number of benzene rings is 1. The van der Waals surface area contributed by atoms with Crippen molar-refractivity contribution in [2.24, 2.45) is 0 Å².